The Hall–Kier alpha value is -2.78. The van der Waals surface area contributed by atoms with E-state index in [1.807, 2.05) is 6.92 Å². The largest absolute Gasteiger partial charge is 0.373 e. The number of carbonyl (C=O) groups excluding carboxylic acids is 1. The van der Waals surface area contributed by atoms with Crippen LogP contribution in [0.15, 0.2) is 47.4 Å². The van der Waals surface area contributed by atoms with Gasteiger partial charge in [0, 0.05) is 11.6 Å². The van der Waals surface area contributed by atoms with Crippen molar-refractivity contribution in [3.05, 3.63) is 63.7 Å². The van der Waals surface area contributed by atoms with Crippen LogP contribution in [0.2, 0.25) is 0 Å². The SMILES string of the molecule is CCC(Nc1ccc(C(C)=O)cc1[N+](=O)[O-])c1cccc(S(N)(=O)=O)c1. The first-order chi connectivity index (χ1) is 12.1. The number of sulfonamides is 1. The Morgan fingerprint density at radius 3 is 2.50 bits per heavy atom. The Balaban J connectivity index is 2.42. The van der Waals surface area contributed by atoms with E-state index in [0.717, 1.165) is 0 Å². The van der Waals surface area contributed by atoms with E-state index in [-0.39, 0.29) is 33.7 Å². The molecule has 0 saturated heterocycles. The maximum absolute atomic E-state index is 11.5. The molecule has 0 aromatic heterocycles. The third kappa shape index (κ3) is 4.44. The molecule has 0 saturated carbocycles. The molecule has 0 aliphatic carbocycles. The van der Waals surface area contributed by atoms with Crippen molar-refractivity contribution in [2.24, 2.45) is 5.14 Å². The van der Waals surface area contributed by atoms with Crippen molar-refractivity contribution >= 4 is 27.2 Å². The normalized spacial score (nSPS) is 12.4. The standard InChI is InChI=1S/C17H19N3O5S/c1-3-15(13-5-4-6-14(9-13)26(18,24)25)19-16-8-7-12(11(2)21)10-17(16)20(22)23/h4-10,15,19H,3H2,1-2H3,(H2,18,24,25). The fourth-order valence-electron chi connectivity index (χ4n) is 2.54. The molecule has 26 heavy (non-hydrogen) atoms. The van der Waals surface area contributed by atoms with E-state index in [0.29, 0.717) is 12.0 Å². The van der Waals surface area contributed by atoms with E-state index in [9.17, 15) is 23.3 Å². The highest BCUT2D eigenvalue weighted by Gasteiger charge is 2.20. The lowest BCUT2D eigenvalue weighted by Gasteiger charge is -2.19. The van der Waals surface area contributed by atoms with E-state index in [1.165, 1.54) is 37.3 Å². The molecule has 9 heteroatoms. The highest BCUT2D eigenvalue weighted by molar-refractivity contribution is 7.89. The molecule has 138 valence electrons. The zero-order valence-corrected chi connectivity index (χ0v) is 15.1. The predicted octanol–water partition coefficient (Wildman–Crippen LogP) is 3.01. The number of ketones is 1. The second kappa shape index (κ2) is 7.63. The Morgan fingerprint density at radius 1 is 1.27 bits per heavy atom. The number of nitrogens with one attached hydrogen (secondary N) is 1. The van der Waals surface area contributed by atoms with Crippen molar-refractivity contribution in [2.75, 3.05) is 5.32 Å². The van der Waals surface area contributed by atoms with E-state index in [4.69, 9.17) is 5.14 Å². The summed E-state index contributed by atoms with van der Waals surface area (Å²) in [6.45, 7) is 3.19. The molecule has 2 aromatic carbocycles. The van der Waals surface area contributed by atoms with Gasteiger partial charge in [0.25, 0.3) is 5.69 Å². The smallest absolute Gasteiger partial charge is 0.293 e. The van der Waals surface area contributed by atoms with Crippen molar-refractivity contribution in [1.29, 1.82) is 0 Å². The van der Waals surface area contributed by atoms with Gasteiger partial charge in [-0.3, -0.25) is 14.9 Å². The molecule has 2 aromatic rings. The van der Waals surface area contributed by atoms with Gasteiger partial charge in [0.05, 0.1) is 15.9 Å². The fourth-order valence-corrected chi connectivity index (χ4v) is 3.11. The predicted molar refractivity (Wildman–Crippen MR) is 97.6 cm³/mol. The van der Waals surface area contributed by atoms with Gasteiger partial charge < -0.3 is 5.32 Å². The summed E-state index contributed by atoms with van der Waals surface area (Å²) in [7, 11) is -3.85. The number of nitro benzene ring substituents is 1. The van der Waals surface area contributed by atoms with Gasteiger partial charge in [-0.15, -0.1) is 0 Å². The lowest BCUT2D eigenvalue weighted by molar-refractivity contribution is -0.384. The van der Waals surface area contributed by atoms with Crippen molar-refractivity contribution < 1.29 is 18.1 Å². The average molecular weight is 377 g/mol. The Morgan fingerprint density at radius 2 is 1.96 bits per heavy atom. The van der Waals surface area contributed by atoms with Crippen LogP contribution in [0.4, 0.5) is 11.4 Å². The number of hydrogen-bond acceptors (Lipinski definition) is 6. The molecular weight excluding hydrogens is 358 g/mol. The van der Waals surface area contributed by atoms with Gasteiger partial charge in [0.2, 0.25) is 10.0 Å². The van der Waals surface area contributed by atoms with Crippen LogP contribution in [-0.2, 0) is 10.0 Å². The Labute approximate surface area is 151 Å². The molecular formula is C17H19N3O5S. The first-order valence-electron chi connectivity index (χ1n) is 7.82. The minimum Gasteiger partial charge on any atom is -0.373 e. The van der Waals surface area contributed by atoms with Gasteiger partial charge in [0.1, 0.15) is 5.69 Å². The Bertz CT molecular complexity index is 957. The van der Waals surface area contributed by atoms with Gasteiger partial charge in [-0.1, -0.05) is 19.1 Å². The van der Waals surface area contributed by atoms with Gasteiger partial charge in [0.15, 0.2) is 5.78 Å². The summed E-state index contributed by atoms with van der Waals surface area (Å²) in [6, 6.07) is 9.92. The van der Waals surface area contributed by atoms with Crippen LogP contribution in [0.5, 0.6) is 0 Å². The molecule has 8 nitrogen and oxygen atoms in total. The summed E-state index contributed by atoms with van der Waals surface area (Å²) in [5.41, 5.74) is 0.891. The first kappa shape index (κ1) is 19.5. The van der Waals surface area contributed by atoms with Crippen molar-refractivity contribution in [3.63, 3.8) is 0 Å². The number of carbonyl (C=O) groups is 1. The van der Waals surface area contributed by atoms with E-state index in [2.05, 4.69) is 5.32 Å². The van der Waals surface area contributed by atoms with E-state index < -0.39 is 14.9 Å². The van der Waals surface area contributed by atoms with Crippen molar-refractivity contribution in [2.45, 2.75) is 31.2 Å². The molecule has 0 radical (unpaired) electrons. The number of primary sulfonamides is 1. The summed E-state index contributed by atoms with van der Waals surface area (Å²) < 4.78 is 23.1. The molecule has 0 amide bonds. The molecule has 0 aliphatic heterocycles. The molecule has 1 unspecified atom stereocenters. The van der Waals surface area contributed by atoms with Crippen LogP contribution in [0, 0.1) is 10.1 Å². The summed E-state index contributed by atoms with van der Waals surface area (Å²) in [5.74, 6) is -0.271. The zero-order valence-electron chi connectivity index (χ0n) is 14.3. The van der Waals surface area contributed by atoms with Crippen LogP contribution >= 0.6 is 0 Å². The lowest BCUT2D eigenvalue weighted by atomic mass is 10.0. The summed E-state index contributed by atoms with van der Waals surface area (Å²) in [5, 5.41) is 19.6. The molecule has 0 fully saturated rings. The molecule has 0 bridgehead atoms. The maximum Gasteiger partial charge on any atom is 0.293 e. The monoisotopic (exact) mass is 377 g/mol. The number of nitrogens with two attached hydrogens (primary N) is 1. The second-order valence-corrected chi connectivity index (χ2v) is 7.33. The van der Waals surface area contributed by atoms with E-state index >= 15 is 0 Å². The quantitative estimate of drug-likeness (QED) is 0.433. The molecule has 2 rings (SSSR count). The third-order valence-electron chi connectivity index (χ3n) is 3.93. The molecule has 0 aliphatic rings. The highest BCUT2D eigenvalue weighted by Crippen LogP contribution is 2.31. The number of hydrogen-bond donors (Lipinski definition) is 2. The number of benzene rings is 2. The minimum atomic E-state index is -3.85. The average Bonchev–Trinajstić information content (AvgIpc) is 2.58. The lowest BCUT2D eigenvalue weighted by Crippen LogP contribution is -2.15. The topological polar surface area (TPSA) is 132 Å². The van der Waals surface area contributed by atoms with Gasteiger partial charge in [-0.2, -0.15) is 0 Å². The van der Waals surface area contributed by atoms with Crippen molar-refractivity contribution in [1.82, 2.24) is 0 Å². The van der Waals surface area contributed by atoms with Crippen LogP contribution in [0.1, 0.15) is 42.2 Å². The summed E-state index contributed by atoms with van der Waals surface area (Å²) in [6.07, 6.45) is 0.541. The van der Waals surface area contributed by atoms with Gasteiger partial charge >= 0.3 is 0 Å². The zero-order chi connectivity index (χ0) is 19.5. The van der Waals surface area contributed by atoms with Crippen LogP contribution in [0.25, 0.3) is 0 Å². The second-order valence-electron chi connectivity index (χ2n) is 5.77. The number of Topliss-reactive ketones (excluding diaryl/α,β-unsaturated/α-hetero) is 1. The number of nitrogens with zero attached hydrogens (tertiary/aromatic N) is 1. The molecule has 0 heterocycles. The highest BCUT2D eigenvalue weighted by atomic mass is 32.2. The first-order valence-corrected chi connectivity index (χ1v) is 9.36. The van der Waals surface area contributed by atoms with Gasteiger partial charge in [-0.25, -0.2) is 13.6 Å². The minimum absolute atomic E-state index is 0.0309. The van der Waals surface area contributed by atoms with Crippen LogP contribution in [0.3, 0.4) is 0 Å². The Kier molecular flexibility index (Phi) is 5.73. The summed E-state index contributed by atoms with van der Waals surface area (Å²) >= 11 is 0. The number of anilines is 1. The fraction of sp³-hybridized carbons (Fsp3) is 0.235. The van der Waals surface area contributed by atoms with Crippen LogP contribution in [-0.4, -0.2) is 19.1 Å². The van der Waals surface area contributed by atoms with Gasteiger partial charge in [-0.05, 0) is 43.2 Å². The maximum atomic E-state index is 11.5. The number of rotatable bonds is 7. The van der Waals surface area contributed by atoms with Crippen molar-refractivity contribution in [3.8, 4) is 0 Å². The van der Waals surface area contributed by atoms with E-state index in [1.54, 1.807) is 12.1 Å². The number of nitro groups is 1. The molecule has 3 N–H and O–H groups in total. The third-order valence-corrected chi connectivity index (χ3v) is 4.84. The molecule has 0 spiro atoms. The molecule has 1 atom stereocenters. The van der Waals surface area contributed by atoms with Crippen LogP contribution < -0.4 is 10.5 Å². The summed E-state index contributed by atoms with van der Waals surface area (Å²) in [4.78, 5) is 22.2.